The van der Waals surface area contributed by atoms with Crippen LogP contribution >= 0.6 is 0 Å². The summed E-state index contributed by atoms with van der Waals surface area (Å²) in [6.45, 7) is 4.45. The van der Waals surface area contributed by atoms with Crippen molar-refractivity contribution < 1.29 is 4.79 Å². The highest BCUT2D eigenvalue weighted by molar-refractivity contribution is 5.87. The first-order valence-electron chi connectivity index (χ1n) is 9.01. The summed E-state index contributed by atoms with van der Waals surface area (Å²) in [7, 11) is 0. The highest BCUT2D eigenvalue weighted by Crippen LogP contribution is 2.21. The smallest absolute Gasteiger partial charge is 0.240 e. The van der Waals surface area contributed by atoms with E-state index in [1.165, 1.54) is 10.8 Å². The van der Waals surface area contributed by atoms with Crippen molar-refractivity contribution >= 4 is 16.7 Å². The Morgan fingerprint density at radius 3 is 2.69 bits per heavy atom. The predicted octanol–water partition coefficient (Wildman–Crippen LogP) is 3.17. The quantitative estimate of drug-likeness (QED) is 0.612. The molecular weight excluding hydrogens is 324 g/mol. The van der Waals surface area contributed by atoms with Crippen molar-refractivity contribution in [1.29, 1.82) is 0 Å². The molecule has 0 aliphatic carbocycles. The lowest BCUT2D eigenvalue weighted by Gasteiger charge is -2.32. The zero-order valence-corrected chi connectivity index (χ0v) is 15.3. The van der Waals surface area contributed by atoms with Crippen molar-refractivity contribution in [2.24, 2.45) is 11.7 Å². The second-order valence-corrected chi connectivity index (χ2v) is 7.14. The number of rotatable bonds is 7. The Hall–Kier alpha value is -2.66. The summed E-state index contributed by atoms with van der Waals surface area (Å²) in [5, 5.41) is 5.39. The lowest BCUT2D eigenvalue weighted by Crippen LogP contribution is -2.57. The Morgan fingerprint density at radius 2 is 2.00 bits per heavy atom. The third kappa shape index (κ3) is 3.94. The van der Waals surface area contributed by atoms with Crippen LogP contribution in [0.15, 0.2) is 55.0 Å². The van der Waals surface area contributed by atoms with Gasteiger partial charge in [-0.15, -0.1) is 0 Å². The zero-order valence-electron chi connectivity index (χ0n) is 15.3. The van der Waals surface area contributed by atoms with Gasteiger partial charge in [0.25, 0.3) is 0 Å². The molecular formula is C21H26N4O. The molecule has 0 fully saturated rings. The third-order valence-electron chi connectivity index (χ3n) is 5.08. The predicted molar refractivity (Wildman–Crippen MR) is 104 cm³/mol. The summed E-state index contributed by atoms with van der Waals surface area (Å²) in [6, 6.07) is 14.4. The number of nitrogens with two attached hydrogens (primary N) is 1. The SMILES string of the molecule is CC(C)[C@@](N)(CCc1cnc[nH]1)C(=O)NCc1ccc2ccccc2c1. The van der Waals surface area contributed by atoms with Crippen molar-refractivity contribution in [3.05, 3.63) is 66.2 Å². The monoisotopic (exact) mass is 350 g/mol. The summed E-state index contributed by atoms with van der Waals surface area (Å²) < 4.78 is 0. The van der Waals surface area contributed by atoms with E-state index in [0.717, 1.165) is 11.3 Å². The molecule has 2 aromatic carbocycles. The molecule has 1 amide bonds. The molecule has 4 N–H and O–H groups in total. The highest BCUT2D eigenvalue weighted by Gasteiger charge is 2.36. The van der Waals surface area contributed by atoms with Gasteiger partial charge in [0.15, 0.2) is 0 Å². The van der Waals surface area contributed by atoms with Crippen molar-refractivity contribution in [3.8, 4) is 0 Å². The van der Waals surface area contributed by atoms with Gasteiger partial charge in [-0.2, -0.15) is 0 Å². The molecule has 1 atom stereocenters. The van der Waals surface area contributed by atoms with E-state index < -0.39 is 5.54 Å². The van der Waals surface area contributed by atoms with Crippen molar-refractivity contribution in [2.45, 2.75) is 38.8 Å². The number of carbonyl (C=O) groups is 1. The van der Waals surface area contributed by atoms with E-state index in [4.69, 9.17) is 5.73 Å². The summed E-state index contributed by atoms with van der Waals surface area (Å²) >= 11 is 0. The standard InChI is InChI=1S/C21H26N4O/c1-15(2)21(22,10-9-19-13-23-14-25-19)20(26)24-12-16-7-8-17-5-3-4-6-18(17)11-16/h3-8,11,13-15H,9-10,12,22H2,1-2H3,(H,23,25)(H,24,26)/t21-/m0/s1. The minimum Gasteiger partial charge on any atom is -0.350 e. The van der Waals surface area contributed by atoms with Gasteiger partial charge in [0.05, 0.1) is 11.9 Å². The van der Waals surface area contributed by atoms with Crippen LogP contribution in [-0.4, -0.2) is 21.4 Å². The van der Waals surface area contributed by atoms with E-state index in [-0.39, 0.29) is 11.8 Å². The molecule has 0 spiro atoms. The van der Waals surface area contributed by atoms with Gasteiger partial charge >= 0.3 is 0 Å². The van der Waals surface area contributed by atoms with Crippen LogP contribution in [0.25, 0.3) is 10.8 Å². The number of imidazole rings is 1. The van der Waals surface area contributed by atoms with E-state index in [0.29, 0.717) is 19.4 Å². The average molecular weight is 350 g/mol. The van der Waals surface area contributed by atoms with Gasteiger partial charge in [-0.25, -0.2) is 4.98 Å². The van der Waals surface area contributed by atoms with E-state index in [1.54, 1.807) is 12.5 Å². The van der Waals surface area contributed by atoms with Crippen molar-refractivity contribution in [3.63, 3.8) is 0 Å². The molecule has 0 radical (unpaired) electrons. The maximum Gasteiger partial charge on any atom is 0.240 e. The summed E-state index contributed by atoms with van der Waals surface area (Å²) in [6.07, 6.45) is 4.67. The second-order valence-electron chi connectivity index (χ2n) is 7.14. The Morgan fingerprint density at radius 1 is 1.23 bits per heavy atom. The number of nitrogens with one attached hydrogen (secondary N) is 2. The molecule has 26 heavy (non-hydrogen) atoms. The zero-order chi connectivity index (χ0) is 18.6. The minimum absolute atomic E-state index is 0.0297. The Balaban J connectivity index is 1.66. The number of nitrogens with zero attached hydrogens (tertiary/aromatic N) is 1. The number of hydrogen-bond donors (Lipinski definition) is 3. The number of aryl methyl sites for hydroxylation is 1. The minimum atomic E-state index is -0.915. The topological polar surface area (TPSA) is 83.8 Å². The van der Waals surface area contributed by atoms with E-state index in [1.807, 2.05) is 32.0 Å². The van der Waals surface area contributed by atoms with Gasteiger partial charge in [0.2, 0.25) is 5.91 Å². The van der Waals surface area contributed by atoms with E-state index in [2.05, 4.69) is 39.6 Å². The highest BCUT2D eigenvalue weighted by atomic mass is 16.2. The molecule has 1 aromatic heterocycles. The van der Waals surface area contributed by atoms with Gasteiger partial charge < -0.3 is 16.0 Å². The van der Waals surface area contributed by atoms with Crippen LogP contribution < -0.4 is 11.1 Å². The third-order valence-corrected chi connectivity index (χ3v) is 5.08. The van der Waals surface area contributed by atoms with Gasteiger partial charge in [0, 0.05) is 18.4 Å². The molecule has 1 heterocycles. The molecule has 3 aromatic rings. The number of benzene rings is 2. The van der Waals surface area contributed by atoms with E-state index >= 15 is 0 Å². The Labute approximate surface area is 154 Å². The fraction of sp³-hybridized carbons (Fsp3) is 0.333. The molecule has 0 unspecified atom stereocenters. The van der Waals surface area contributed by atoms with E-state index in [9.17, 15) is 4.79 Å². The summed E-state index contributed by atoms with van der Waals surface area (Å²) in [5.41, 5.74) is 7.65. The van der Waals surface area contributed by atoms with Crippen LogP contribution in [0.1, 0.15) is 31.5 Å². The first-order chi connectivity index (χ1) is 12.5. The Kier molecular flexibility index (Phi) is 5.38. The largest absolute Gasteiger partial charge is 0.350 e. The number of H-pyrrole nitrogens is 1. The second kappa shape index (κ2) is 7.70. The van der Waals surface area contributed by atoms with Crippen LogP contribution in [0.2, 0.25) is 0 Å². The fourth-order valence-corrected chi connectivity index (χ4v) is 3.12. The molecule has 136 valence electrons. The summed E-state index contributed by atoms with van der Waals surface area (Å²) in [5.74, 6) is -0.0813. The van der Waals surface area contributed by atoms with Crippen molar-refractivity contribution in [1.82, 2.24) is 15.3 Å². The number of fused-ring (bicyclic) bond motifs is 1. The normalized spacial score (nSPS) is 13.7. The molecule has 3 rings (SSSR count). The lowest BCUT2D eigenvalue weighted by atomic mass is 9.82. The van der Waals surface area contributed by atoms with Crippen LogP contribution in [0.4, 0.5) is 0 Å². The molecule has 0 bridgehead atoms. The van der Waals surface area contributed by atoms with Crippen LogP contribution in [0.3, 0.4) is 0 Å². The number of carbonyl (C=O) groups excluding carboxylic acids is 1. The summed E-state index contributed by atoms with van der Waals surface area (Å²) in [4.78, 5) is 19.9. The molecule has 0 aliphatic rings. The number of aromatic nitrogens is 2. The molecule has 0 aliphatic heterocycles. The average Bonchev–Trinajstić information content (AvgIpc) is 3.17. The molecule has 0 saturated carbocycles. The van der Waals surface area contributed by atoms with Gasteiger partial charge in [-0.05, 0) is 41.2 Å². The number of hydrogen-bond acceptors (Lipinski definition) is 3. The number of amides is 1. The molecule has 5 nitrogen and oxygen atoms in total. The van der Waals surface area contributed by atoms with Crippen LogP contribution in [-0.2, 0) is 17.8 Å². The molecule has 0 saturated heterocycles. The van der Waals surface area contributed by atoms with Crippen molar-refractivity contribution in [2.75, 3.05) is 0 Å². The van der Waals surface area contributed by atoms with Gasteiger partial charge in [0.1, 0.15) is 0 Å². The lowest BCUT2D eigenvalue weighted by molar-refractivity contribution is -0.128. The van der Waals surface area contributed by atoms with Gasteiger partial charge in [-0.3, -0.25) is 4.79 Å². The maximum atomic E-state index is 12.8. The van der Waals surface area contributed by atoms with Crippen LogP contribution in [0, 0.1) is 5.92 Å². The first-order valence-corrected chi connectivity index (χ1v) is 9.01. The van der Waals surface area contributed by atoms with Gasteiger partial charge in [-0.1, -0.05) is 50.2 Å². The van der Waals surface area contributed by atoms with Crippen LogP contribution in [0.5, 0.6) is 0 Å². The molecule has 5 heteroatoms. The first kappa shape index (κ1) is 18.1. The Bertz CT molecular complexity index is 873. The number of aromatic amines is 1. The maximum absolute atomic E-state index is 12.8. The fourth-order valence-electron chi connectivity index (χ4n) is 3.12.